The van der Waals surface area contributed by atoms with Gasteiger partial charge < -0.3 is 39.1 Å². The zero-order chi connectivity index (χ0) is 27.3. The van der Waals surface area contributed by atoms with E-state index in [9.17, 15) is 13.2 Å². The van der Waals surface area contributed by atoms with Crippen LogP contribution in [-0.2, 0) is 14.6 Å². The van der Waals surface area contributed by atoms with Gasteiger partial charge in [-0.2, -0.15) is 0 Å². The van der Waals surface area contributed by atoms with Crippen molar-refractivity contribution < 1.29 is 41.6 Å². The van der Waals surface area contributed by atoms with Crippen LogP contribution in [-0.4, -0.2) is 74.2 Å². The van der Waals surface area contributed by atoms with E-state index in [1.807, 2.05) is 12.1 Å². The largest absolute Gasteiger partial charge is 0.493 e. The van der Waals surface area contributed by atoms with Gasteiger partial charge in [0.2, 0.25) is 5.75 Å². The van der Waals surface area contributed by atoms with Gasteiger partial charge in [-0.3, -0.25) is 0 Å². The molecule has 0 radical (unpaired) electrons. The number of nitrogens with zero attached hydrogens (tertiary/aromatic N) is 1. The zero-order valence-electron chi connectivity index (χ0n) is 21.9. The van der Waals surface area contributed by atoms with Gasteiger partial charge in [0.1, 0.15) is 11.5 Å². The van der Waals surface area contributed by atoms with Crippen molar-refractivity contribution >= 4 is 15.9 Å². The van der Waals surface area contributed by atoms with Gasteiger partial charge >= 0.3 is 6.03 Å². The molecule has 1 fully saturated rings. The van der Waals surface area contributed by atoms with Crippen LogP contribution in [0.3, 0.4) is 0 Å². The van der Waals surface area contributed by atoms with E-state index in [-0.39, 0.29) is 41.8 Å². The maximum absolute atomic E-state index is 12.7. The summed E-state index contributed by atoms with van der Waals surface area (Å²) in [5.41, 5.74) is 6.74. The third-order valence-corrected chi connectivity index (χ3v) is 7.26. The number of hydrogen-bond acceptors (Lipinski definition) is 9. The van der Waals surface area contributed by atoms with Crippen molar-refractivity contribution in [1.29, 1.82) is 0 Å². The van der Waals surface area contributed by atoms with E-state index in [1.54, 1.807) is 26.4 Å². The summed E-state index contributed by atoms with van der Waals surface area (Å²) in [6.45, 7) is 0.201. The Morgan fingerprint density at radius 3 is 1.84 bits per heavy atom. The second-order valence-corrected chi connectivity index (χ2v) is 10.6. The molecule has 0 unspecified atom stereocenters. The minimum Gasteiger partial charge on any atom is -0.493 e. The number of rotatable bonds is 11. The molecular formula is C25H34N2O9S. The van der Waals surface area contributed by atoms with Gasteiger partial charge in [0, 0.05) is 13.3 Å². The summed E-state index contributed by atoms with van der Waals surface area (Å²) < 4.78 is 59.3. The van der Waals surface area contributed by atoms with Gasteiger partial charge in [0.05, 0.1) is 47.2 Å². The fourth-order valence-electron chi connectivity index (χ4n) is 4.16. The van der Waals surface area contributed by atoms with Crippen molar-refractivity contribution in [2.45, 2.75) is 29.9 Å². The van der Waals surface area contributed by atoms with Gasteiger partial charge in [0.25, 0.3) is 0 Å². The van der Waals surface area contributed by atoms with Crippen LogP contribution in [0, 0.1) is 0 Å². The number of amides is 2. The number of methoxy groups -OCH3 is 4. The number of urea groups is 1. The molecule has 2 N–H and O–H groups in total. The molecular weight excluding hydrogens is 504 g/mol. The summed E-state index contributed by atoms with van der Waals surface area (Å²) in [5, 5.41) is 0. The van der Waals surface area contributed by atoms with Crippen LogP contribution >= 0.6 is 0 Å². The smallest absolute Gasteiger partial charge is 0.314 e. The Morgan fingerprint density at radius 2 is 1.41 bits per heavy atom. The number of benzene rings is 2. The van der Waals surface area contributed by atoms with Crippen LogP contribution in [0.4, 0.5) is 4.79 Å². The monoisotopic (exact) mass is 538 g/mol. The molecule has 0 aliphatic carbocycles. The number of hydrogen-bond donors (Lipinski definition) is 1. The molecule has 0 saturated carbocycles. The standard InChI is InChI=1S/C25H34N2O9S/c1-27(25(26)28)9-10-35-24-21(33-4)13-16(14-22(24)37(6,29)30)18-8-7-17(36-18)15-11-19(31-2)23(34-5)20(12-15)32-3/h11-14,17-18H,7-10H2,1-6H3,(H2,26,28)/t17-,18-/m1/s1. The molecule has 1 heterocycles. The van der Waals surface area contributed by atoms with Crippen LogP contribution in [0.2, 0.25) is 0 Å². The van der Waals surface area contributed by atoms with E-state index < -0.39 is 15.9 Å². The second-order valence-electron chi connectivity index (χ2n) is 8.58. The molecule has 0 spiro atoms. The number of carbonyl (C=O) groups excluding carboxylic acids is 1. The molecule has 0 aromatic heterocycles. The number of carbonyl (C=O) groups is 1. The first-order valence-corrected chi connectivity index (χ1v) is 13.4. The number of primary amides is 1. The van der Waals surface area contributed by atoms with Crippen LogP contribution in [0.15, 0.2) is 29.2 Å². The maximum Gasteiger partial charge on any atom is 0.314 e. The van der Waals surface area contributed by atoms with Crippen LogP contribution < -0.4 is 29.4 Å². The van der Waals surface area contributed by atoms with Crippen molar-refractivity contribution in [2.24, 2.45) is 5.73 Å². The minimum atomic E-state index is -3.69. The number of sulfone groups is 1. The molecule has 1 aliphatic heterocycles. The highest BCUT2D eigenvalue weighted by molar-refractivity contribution is 7.90. The Hall–Kier alpha value is -3.38. The van der Waals surface area contributed by atoms with Crippen molar-refractivity contribution in [2.75, 3.05) is 54.9 Å². The first kappa shape index (κ1) is 28.2. The molecule has 0 bridgehead atoms. The fourth-order valence-corrected chi connectivity index (χ4v) is 5.01. The first-order valence-electron chi connectivity index (χ1n) is 11.5. The van der Waals surface area contributed by atoms with E-state index in [0.29, 0.717) is 35.7 Å². The highest BCUT2D eigenvalue weighted by Crippen LogP contribution is 2.47. The average Bonchev–Trinajstić information content (AvgIpc) is 3.37. The predicted molar refractivity (Wildman–Crippen MR) is 136 cm³/mol. The van der Waals surface area contributed by atoms with E-state index in [4.69, 9.17) is 34.2 Å². The zero-order valence-corrected chi connectivity index (χ0v) is 22.7. The van der Waals surface area contributed by atoms with E-state index >= 15 is 0 Å². The Balaban J connectivity index is 1.90. The highest BCUT2D eigenvalue weighted by Gasteiger charge is 2.32. The Kier molecular flexibility index (Phi) is 8.98. The Bertz CT molecular complexity index is 1210. The summed E-state index contributed by atoms with van der Waals surface area (Å²) in [6, 6.07) is 6.33. The molecule has 37 heavy (non-hydrogen) atoms. The van der Waals surface area contributed by atoms with Crippen molar-refractivity contribution in [1.82, 2.24) is 4.90 Å². The van der Waals surface area contributed by atoms with Crippen molar-refractivity contribution in [3.05, 3.63) is 35.4 Å². The highest BCUT2D eigenvalue weighted by atomic mass is 32.2. The van der Waals surface area contributed by atoms with Gasteiger partial charge in [-0.1, -0.05) is 0 Å². The SMILES string of the molecule is COc1cc([C@H]2CC[C@H](c3cc(OC)c(OCCN(C)C(N)=O)c(S(C)(=O)=O)c3)O2)cc(OC)c1OC. The molecule has 1 aliphatic rings. The number of nitrogens with two attached hydrogens (primary N) is 1. The third-order valence-electron chi connectivity index (χ3n) is 6.16. The van der Waals surface area contributed by atoms with Crippen LogP contribution in [0.1, 0.15) is 36.2 Å². The first-order chi connectivity index (χ1) is 17.5. The fraction of sp³-hybridized carbons (Fsp3) is 0.480. The molecule has 12 heteroatoms. The average molecular weight is 539 g/mol. The summed E-state index contributed by atoms with van der Waals surface area (Å²) in [4.78, 5) is 12.5. The Morgan fingerprint density at radius 1 is 0.919 bits per heavy atom. The van der Waals surface area contributed by atoms with Gasteiger partial charge in [-0.25, -0.2) is 13.2 Å². The molecule has 11 nitrogen and oxygen atoms in total. The summed E-state index contributed by atoms with van der Waals surface area (Å²) in [6.07, 6.45) is 1.79. The lowest BCUT2D eigenvalue weighted by Crippen LogP contribution is -2.35. The molecule has 1 saturated heterocycles. The quantitative estimate of drug-likeness (QED) is 0.458. The van der Waals surface area contributed by atoms with E-state index in [1.165, 1.54) is 26.2 Å². The van der Waals surface area contributed by atoms with Gasteiger partial charge in [-0.15, -0.1) is 0 Å². The lowest BCUT2D eigenvalue weighted by molar-refractivity contribution is 0.0435. The second kappa shape index (κ2) is 11.8. The number of ether oxygens (including phenoxy) is 6. The van der Waals surface area contributed by atoms with Crippen LogP contribution in [0.25, 0.3) is 0 Å². The lowest BCUT2D eigenvalue weighted by Gasteiger charge is -2.21. The Labute approximate surface area is 217 Å². The van der Waals surface area contributed by atoms with Crippen LogP contribution in [0.5, 0.6) is 28.7 Å². The van der Waals surface area contributed by atoms with E-state index in [0.717, 1.165) is 11.8 Å². The van der Waals surface area contributed by atoms with E-state index in [2.05, 4.69) is 0 Å². The van der Waals surface area contributed by atoms with Gasteiger partial charge in [0.15, 0.2) is 32.8 Å². The molecule has 2 amide bonds. The van der Waals surface area contributed by atoms with Crippen molar-refractivity contribution in [3.63, 3.8) is 0 Å². The molecule has 204 valence electrons. The topological polar surface area (TPSA) is 136 Å². The van der Waals surface area contributed by atoms with Gasteiger partial charge in [-0.05, 0) is 48.2 Å². The summed E-state index contributed by atoms with van der Waals surface area (Å²) >= 11 is 0. The summed E-state index contributed by atoms with van der Waals surface area (Å²) in [5.74, 6) is 1.86. The molecule has 2 atom stereocenters. The third kappa shape index (κ3) is 6.31. The lowest BCUT2D eigenvalue weighted by atomic mass is 10.0. The molecule has 2 aromatic rings. The normalized spacial score (nSPS) is 17.2. The molecule has 3 rings (SSSR count). The predicted octanol–water partition coefficient (Wildman–Crippen LogP) is 3.11. The molecule has 2 aromatic carbocycles. The van der Waals surface area contributed by atoms with Crippen molar-refractivity contribution in [3.8, 4) is 28.7 Å². The summed E-state index contributed by atoms with van der Waals surface area (Å²) in [7, 11) is 3.90. The maximum atomic E-state index is 12.7. The minimum absolute atomic E-state index is 0.0246. The number of likely N-dealkylation sites (N-methyl/N-ethyl adjacent to an activating group) is 1.